The first-order valence-corrected chi connectivity index (χ1v) is 6.46. The van der Waals surface area contributed by atoms with Gasteiger partial charge in [0.05, 0.1) is 6.33 Å². The fraction of sp³-hybridized carbons (Fsp3) is 0.308. The first-order valence-electron chi connectivity index (χ1n) is 6.46. The fourth-order valence-corrected chi connectivity index (χ4v) is 2.22. The Labute approximate surface area is 116 Å². The Morgan fingerprint density at radius 2 is 2.10 bits per heavy atom. The van der Waals surface area contributed by atoms with Gasteiger partial charge in [-0.05, 0) is 29.0 Å². The second kappa shape index (κ2) is 6.05. The van der Waals surface area contributed by atoms with Crippen LogP contribution < -0.4 is 0 Å². The SMILES string of the molecule is c1ccc(CC(Cn2ccnc2)Cn2cnnn2)nc1. The van der Waals surface area contributed by atoms with Gasteiger partial charge in [-0.25, -0.2) is 9.67 Å². The standard InChI is InChI=1S/C13H15N7/c1-2-4-15-13(3-1)7-12(8-19-6-5-14-10-19)9-20-11-16-17-18-20/h1-6,10-12H,7-9H2. The lowest BCUT2D eigenvalue weighted by atomic mass is 10.0. The molecule has 0 aliphatic carbocycles. The molecule has 7 nitrogen and oxygen atoms in total. The van der Waals surface area contributed by atoms with Crippen LogP contribution in [0.1, 0.15) is 5.69 Å². The first-order chi connectivity index (χ1) is 9.90. The lowest BCUT2D eigenvalue weighted by Crippen LogP contribution is -2.20. The highest BCUT2D eigenvalue weighted by atomic mass is 15.5. The predicted molar refractivity (Wildman–Crippen MR) is 71.5 cm³/mol. The van der Waals surface area contributed by atoms with E-state index in [-0.39, 0.29) is 0 Å². The summed E-state index contributed by atoms with van der Waals surface area (Å²) in [5, 5.41) is 11.3. The highest BCUT2D eigenvalue weighted by Crippen LogP contribution is 2.11. The molecule has 7 heteroatoms. The Balaban J connectivity index is 1.72. The molecule has 102 valence electrons. The number of nitrogens with zero attached hydrogens (tertiary/aromatic N) is 7. The van der Waals surface area contributed by atoms with Crippen molar-refractivity contribution in [1.29, 1.82) is 0 Å². The summed E-state index contributed by atoms with van der Waals surface area (Å²) in [6.07, 6.45) is 9.91. The molecule has 0 aliphatic rings. The molecule has 3 rings (SSSR count). The van der Waals surface area contributed by atoms with Gasteiger partial charge in [0, 0.05) is 43.3 Å². The van der Waals surface area contributed by atoms with Gasteiger partial charge in [-0.3, -0.25) is 4.98 Å². The summed E-state index contributed by atoms with van der Waals surface area (Å²) in [7, 11) is 0. The van der Waals surface area contributed by atoms with E-state index < -0.39 is 0 Å². The predicted octanol–water partition coefficient (Wildman–Crippen LogP) is 0.824. The second-order valence-corrected chi connectivity index (χ2v) is 4.68. The minimum absolute atomic E-state index is 0.350. The molecule has 0 saturated heterocycles. The molecule has 20 heavy (non-hydrogen) atoms. The third kappa shape index (κ3) is 3.25. The molecule has 0 spiro atoms. The van der Waals surface area contributed by atoms with Gasteiger partial charge < -0.3 is 4.57 Å². The lowest BCUT2D eigenvalue weighted by molar-refractivity contribution is 0.358. The van der Waals surface area contributed by atoms with Crippen LogP contribution in [0.5, 0.6) is 0 Å². The molecular formula is C13H15N7. The van der Waals surface area contributed by atoms with E-state index in [1.807, 2.05) is 36.9 Å². The lowest BCUT2D eigenvalue weighted by Gasteiger charge is -2.16. The Bertz CT molecular complexity index is 567. The maximum Gasteiger partial charge on any atom is 0.138 e. The first kappa shape index (κ1) is 12.5. The quantitative estimate of drug-likeness (QED) is 0.662. The van der Waals surface area contributed by atoms with Crippen LogP contribution in [0.15, 0.2) is 49.4 Å². The van der Waals surface area contributed by atoms with Crippen LogP contribution in [0.25, 0.3) is 0 Å². The monoisotopic (exact) mass is 269 g/mol. The maximum atomic E-state index is 4.39. The fourth-order valence-electron chi connectivity index (χ4n) is 2.22. The van der Waals surface area contributed by atoms with Crippen LogP contribution >= 0.6 is 0 Å². The van der Waals surface area contributed by atoms with E-state index in [1.165, 1.54) is 0 Å². The molecule has 1 unspecified atom stereocenters. The molecule has 1 atom stereocenters. The number of tetrazole rings is 1. The molecule has 3 heterocycles. The Hall–Kier alpha value is -2.57. The van der Waals surface area contributed by atoms with Crippen molar-refractivity contribution in [2.24, 2.45) is 5.92 Å². The molecule has 0 saturated carbocycles. The third-order valence-corrected chi connectivity index (χ3v) is 3.09. The van der Waals surface area contributed by atoms with E-state index in [9.17, 15) is 0 Å². The van der Waals surface area contributed by atoms with E-state index >= 15 is 0 Å². The van der Waals surface area contributed by atoms with Crippen molar-refractivity contribution in [3.63, 3.8) is 0 Å². The zero-order chi connectivity index (χ0) is 13.6. The minimum atomic E-state index is 0.350. The molecule has 3 aromatic heterocycles. The highest BCUT2D eigenvalue weighted by molar-refractivity contribution is 5.04. The van der Waals surface area contributed by atoms with Crippen LogP contribution in [-0.4, -0.2) is 34.7 Å². The summed E-state index contributed by atoms with van der Waals surface area (Å²) in [5.41, 5.74) is 1.07. The van der Waals surface area contributed by atoms with E-state index in [0.717, 1.165) is 25.2 Å². The molecule has 0 amide bonds. The van der Waals surface area contributed by atoms with Gasteiger partial charge in [0.1, 0.15) is 6.33 Å². The van der Waals surface area contributed by atoms with Crippen molar-refractivity contribution in [2.45, 2.75) is 19.5 Å². The van der Waals surface area contributed by atoms with Crippen LogP contribution in [0, 0.1) is 5.92 Å². The van der Waals surface area contributed by atoms with Crippen molar-refractivity contribution in [3.8, 4) is 0 Å². The van der Waals surface area contributed by atoms with Crippen molar-refractivity contribution >= 4 is 0 Å². The summed E-state index contributed by atoms with van der Waals surface area (Å²) in [5.74, 6) is 0.350. The van der Waals surface area contributed by atoms with Crippen LogP contribution in [0.3, 0.4) is 0 Å². The Morgan fingerprint density at radius 1 is 1.10 bits per heavy atom. The second-order valence-electron chi connectivity index (χ2n) is 4.68. The summed E-state index contributed by atoms with van der Waals surface area (Å²) in [6.45, 7) is 1.61. The minimum Gasteiger partial charge on any atom is -0.337 e. The number of rotatable bonds is 6. The van der Waals surface area contributed by atoms with Gasteiger partial charge in [-0.15, -0.1) is 5.10 Å². The summed E-state index contributed by atoms with van der Waals surface area (Å²) in [6, 6.07) is 5.98. The van der Waals surface area contributed by atoms with E-state index in [2.05, 4.69) is 30.1 Å². The molecule has 3 aromatic rings. The largest absolute Gasteiger partial charge is 0.337 e. The topological polar surface area (TPSA) is 74.3 Å². The molecule has 0 N–H and O–H groups in total. The van der Waals surface area contributed by atoms with Gasteiger partial charge in [-0.1, -0.05) is 6.07 Å². The molecule has 0 radical (unpaired) electrons. The van der Waals surface area contributed by atoms with Gasteiger partial charge in [0.15, 0.2) is 0 Å². The van der Waals surface area contributed by atoms with Crippen LogP contribution in [0.2, 0.25) is 0 Å². The van der Waals surface area contributed by atoms with E-state index in [1.54, 1.807) is 17.2 Å². The van der Waals surface area contributed by atoms with Gasteiger partial charge in [0.2, 0.25) is 0 Å². The molecule has 0 aliphatic heterocycles. The van der Waals surface area contributed by atoms with Gasteiger partial charge in [-0.2, -0.15) is 0 Å². The Kier molecular flexibility index (Phi) is 3.77. The van der Waals surface area contributed by atoms with Crippen LogP contribution in [0.4, 0.5) is 0 Å². The molecule has 0 fully saturated rings. The molecule has 0 aromatic carbocycles. The molecular weight excluding hydrogens is 254 g/mol. The summed E-state index contributed by atoms with van der Waals surface area (Å²) >= 11 is 0. The summed E-state index contributed by atoms with van der Waals surface area (Å²) in [4.78, 5) is 8.47. The number of hydrogen-bond acceptors (Lipinski definition) is 5. The number of aromatic nitrogens is 7. The van der Waals surface area contributed by atoms with E-state index in [0.29, 0.717) is 5.92 Å². The van der Waals surface area contributed by atoms with Crippen molar-refractivity contribution < 1.29 is 0 Å². The Morgan fingerprint density at radius 3 is 2.80 bits per heavy atom. The normalized spacial score (nSPS) is 12.4. The zero-order valence-electron chi connectivity index (χ0n) is 10.9. The van der Waals surface area contributed by atoms with Crippen molar-refractivity contribution in [3.05, 3.63) is 55.1 Å². The van der Waals surface area contributed by atoms with Crippen molar-refractivity contribution in [1.82, 2.24) is 34.7 Å². The van der Waals surface area contributed by atoms with Crippen molar-refractivity contribution in [2.75, 3.05) is 0 Å². The third-order valence-electron chi connectivity index (χ3n) is 3.09. The number of imidazole rings is 1. The maximum absolute atomic E-state index is 4.39. The average Bonchev–Trinajstić information content (AvgIpc) is 3.13. The number of pyridine rings is 1. The summed E-state index contributed by atoms with van der Waals surface area (Å²) < 4.78 is 3.82. The van der Waals surface area contributed by atoms with Gasteiger partial charge >= 0.3 is 0 Å². The zero-order valence-corrected chi connectivity index (χ0v) is 10.9. The average molecular weight is 269 g/mol. The van der Waals surface area contributed by atoms with Crippen LogP contribution in [-0.2, 0) is 19.5 Å². The molecule has 0 bridgehead atoms. The van der Waals surface area contributed by atoms with E-state index in [4.69, 9.17) is 0 Å². The highest BCUT2D eigenvalue weighted by Gasteiger charge is 2.13. The number of hydrogen-bond donors (Lipinski definition) is 0. The van der Waals surface area contributed by atoms with Gasteiger partial charge in [0.25, 0.3) is 0 Å². The smallest absolute Gasteiger partial charge is 0.138 e.